The molecule has 1 aromatic carbocycles. The molecule has 0 unspecified atom stereocenters. The topological polar surface area (TPSA) is 70.4 Å². The zero-order chi connectivity index (χ0) is 19.6. The Kier molecular flexibility index (Phi) is 3.88. The van der Waals surface area contributed by atoms with Crippen molar-refractivity contribution in [1.82, 2.24) is 0 Å². The summed E-state index contributed by atoms with van der Waals surface area (Å²) in [5.41, 5.74) is -1.72. The molecule has 1 saturated heterocycles. The number of alkyl halides is 3. The molecule has 4 rings (SSSR count). The molecule has 2 aliphatic carbocycles. The highest BCUT2D eigenvalue weighted by atomic mass is 32.2. The Labute approximate surface area is 155 Å². The Bertz CT molecular complexity index is 967. The van der Waals surface area contributed by atoms with Gasteiger partial charge in [0.1, 0.15) is 4.75 Å². The van der Waals surface area contributed by atoms with E-state index in [-0.39, 0.29) is 36.6 Å². The summed E-state index contributed by atoms with van der Waals surface area (Å²) in [6.07, 6.45) is -0.128. The van der Waals surface area contributed by atoms with Gasteiger partial charge in [0, 0.05) is 25.5 Å². The van der Waals surface area contributed by atoms with Crippen molar-refractivity contribution in [1.29, 1.82) is 5.26 Å². The first kappa shape index (κ1) is 18.3. The maximum atomic E-state index is 13.5. The predicted molar refractivity (Wildman–Crippen MR) is 91.3 cm³/mol. The predicted octanol–water partition coefficient (Wildman–Crippen LogP) is 2.93. The Morgan fingerprint density at radius 2 is 2.11 bits per heavy atom. The summed E-state index contributed by atoms with van der Waals surface area (Å²) in [5.74, 6) is -0.365. The third-order valence-electron chi connectivity index (χ3n) is 6.11. The number of hydrogen-bond acceptors (Lipinski definition) is 4. The van der Waals surface area contributed by atoms with Crippen LogP contribution in [-0.2, 0) is 20.9 Å². The number of nitriles is 1. The van der Waals surface area contributed by atoms with Gasteiger partial charge in [-0.1, -0.05) is 12.2 Å². The molecule has 0 aromatic heterocycles. The van der Waals surface area contributed by atoms with Crippen LogP contribution in [0.4, 0.5) is 18.9 Å². The van der Waals surface area contributed by atoms with E-state index in [1.54, 1.807) is 0 Å². The fourth-order valence-corrected chi connectivity index (χ4v) is 7.57. The summed E-state index contributed by atoms with van der Waals surface area (Å²) in [5, 5.41) is 8.95. The minimum Gasteiger partial charge on any atom is -0.383 e. The van der Waals surface area contributed by atoms with E-state index in [1.807, 2.05) is 12.2 Å². The zero-order valence-electron chi connectivity index (χ0n) is 14.4. The van der Waals surface area contributed by atoms with Gasteiger partial charge in [0.25, 0.3) is 0 Å². The lowest BCUT2D eigenvalue weighted by Gasteiger charge is -2.34. The quantitative estimate of drug-likeness (QED) is 0.734. The van der Waals surface area contributed by atoms with Crippen molar-refractivity contribution in [2.75, 3.05) is 24.6 Å². The van der Waals surface area contributed by atoms with Crippen LogP contribution in [0.15, 0.2) is 30.4 Å². The Balaban J connectivity index is 1.83. The lowest BCUT2D eigenvalue weighted by molar-refractivity contribution is -0.137. The molecule has 2 bridgehead atoms. The molecule has 5 nitrogen and oxygen atoms in total. The van der Waals surface area contributed by atoms with Gasteiger partial charge in [-0.15, -0.1) is 0 Å². The van der Waals surface area contributed by atoms with E-state index in [9.17, 15) is 21.6 Å². The van der Waals surface area contributed by atoms with Gasteiger partial charge in [0.05, 0.1) is 29.5 Å². The van der Waals surface area contributed by atoms with Crippen molar-refractivity contribution in [2.45, 2.75) is 17.3 Å². The molecule has 1 heterocycles. The van der Waals surface area contributed by atoms with Crippen molar-refractivity contribution in [2.24, 2.45) is 17.8 Å². The average molecular weight is 398 g/mol. The molecule has 1 aromatic rings. The minimum absolute atomic E-state index is 0.00438. The summed E-state index contributed by atoms with van der Waals surface area (Å²) in [4.78, 5) is 0. The van der Waals surface area contributed by atoms with Gasteiger partial charge in [-0.3, -0.25) is 4.31 Å². The molecule has 1 aliphatic heterocycles. The number of halogens is 3. The van der Waals surface area contributed by atoms with Crippen molar-refractivity contribution in [3.63, 3.8) is 0 Å². The summed E-state index contributed by atoms with van der Waals surface area (Å²) in [6, 6.07) is 4.56. The van der Waals surface area contributed by atoms with E-state index in [2.05, 4.69) is 0 Å². The van der Waals surface area contributed by atoms with Crippen LogP contribution in [0.2, 0.25) is 0 Å². The molecule has 9 heteroatoms. The summed E-state index contributed by atoms with van der Waals surface area (Å²) in [6.45, 7) is 0.116. The highest BCUT2D eigenvalue weighted by Gasteiger charge is 2.69. The monoisotopic (exact) mass is 398 g/mol. The highest BCUT2D eigenvalue weighted by Crippen LogP contribution is 2.59. The summed E-state index contributed by atoms with van der Waals surface area (Å²) >= 11 is 0. The van der Waals surface area contributed by atoms with Crippen LogP contribution in [0.3, 0.4) is 0 Å². The van der Waals surface area contributed by atoms with Crippen LogP contribution in [0.5, 0.6) is 0 Å². The third-order valence-corrected chi connectivity index (χ3v) is 8.73. The first-order valence-corrected chi connectivity index (χ1v) is 9.91. The molecule has 0 radical (unpaired) electrons. The van der Waals surface area contributed by atoms with E-state index in [1.165, 1.54) is 19.2 Å². The number of hydrogen-bond donors (Lipinski definition) is 0. The van der Waals surface area contributed by atoms with Gasteiger partial charge >= 0.3 is 6.18 Å². The molecule has 1 saturated carbocycles. The lowest BCUT2D eigenvalue weighted by atomic mass is 9.82. The first-order valence-electron chi connectivity index (χ1n) is 8.47. The largest absolute Gasteiger partial charge is 0.417 e. The number of fused-ring (bicyclic) bond motifs is 5. The second kappa shape index (κ2) is 5.72. The fourth-order valence-electron chi connectivity index (χ4n) is 4.96. The molecule has 2 fully saturated rings. The van der Waals surface area contributed by atoms with Crippen molar-refractivity contribution in [3.8, 4) is 6.07 Å². The summed E-state index contributed by atoms with van der Waals surface area (Å²) in [7, 11) is -2.51. The van der Waals surface area contributed by atoms with Crippen molar-refractivity contribution < 1.29 is 26.3 Å². The van der Waals surface area contributed by atoms with E-state index in [0.717, 1.165) is 22.9 Å². The number of methoxy groups -OCH3 is 1. The van der Waals surface area contributed by atoms with E-state index in [4.69, 9.17) is 10.00 Å². The average Bonchev–Trinajstić information content (AvgIpc) is 3.25. The third kappa shape index (κ3) is 2.29. The molecule has 0 N–H and O–H groups in total. The molecule has 27 heavy (non-hydrogen) atoms. The van der Waals surface area contributed by atoms with E-state index < -0.39 is 32.1 Å². The number of sulfonamides is 1. The van der Waals surface area contributed by atoms with Crippen LogP contribution in [-0.4, -0.2) is 33.4 Å². The Morgan fingerprint density at radius 3 is 2.74 bits per heavy atom. The molecule has 144 valence electrons. The summed E-state index contributed by atoms with van der Waals surface area (Å²) < 4.78 is 72.0. The van der Waals surface area contributed by atoms with Gasteiger partial charge in [-0.25, -0.2) is 8.42 Å². The van der Waals surface area contributed by atoms with Crippen LogP contribution >= 0.6 is 0 Å². The molecular weight excluding hydrogens is 381 g/mol. The van der Waals surface area contributed by atoms with Crippen LogP contribution in [0, 0.1) is 29.1 Å². The lowest BCUT2D eigenvalue weighted by Crippen LogP contribution is -2.50. The number of ether oxygens (including phenoxy) is 1. The SMILES string of the molecule is COC[C@@]12[C@@H]3C=C[C@@H](C3)[C@@H]1CN(c1ccc(C#N)c(C(F)(F)F)c1)S2(=O)=O. The van der Waals surface area contributed by atoms with Gasteiger partial charge in [0.2, 0.25) is 10.0 Å². The number of allylic oxidation sites excluding steroid dienone is 2. The number of anilines is 1. The van der Waals surface area contributed by atoms with Crippen LogP contribution < -0.4 is 4.31 Å². The second-order valence-corrected chi connectivity index (χ2v) is 9.41. The number of rotatable bonds is 3. The smallest absolute Gasteiger partial charge is 0.383 e. The van der Waals surface area contributed by atoms with E-state index >= 15 is 0 Å². The van der Waals surface area contributed by atoms with Crippen molar-refractivity contribution in [3.05, 3.63) is 41.5 Å². The fraction of sp³-hybridized carbons (Fsp3) is 0.500. The van der Waals surface area contributed by atoms with Crippen LogP contribution in [0.25, 0.3) is 0 Å². The molecule has 4 atom stereocenters. The zero-order valence-corrected chi connectivity index (χ0v) is 15.2. The minimum atomic E-state index is -4.74. The van der Waals surface area contributed by atoms with E-state index in [0.29, 0.717) is 0 Å². The van der Waals surface area contributed by atoms with Gasteiger partial charge in [-0.2, -0.15) is 18.4 Å². The molecular formula is C18H17F3N2O3S. The number of nitrogens with zero attached hydrogens (tertiary/aromatic N) is 2. The first-order chi connectivity index (χ1) is 12.7. The van der Waals surface area contributed by atoms with Gasteiger partial charge in [-0.05, 0) is 30.5 Å². The molecule has 0 amide bonds. The number of benzene rings is 1. The second-order valence-electron chi connectivity index (χ2n) is 7.26. The highest BCUT2D eigenvalue weighted by molar-refractivity contribution is 7.94. The Morgan fingerprint density at radius 1 is 1.37 bits per heavy atom. The van der Waals surface area contributed by atoms with Crippen molar-refractivity contribution >= 4 is 15.7 Å². The van der Waals surface area contributed by atoms with Gasteiger partial charge < -0.3 is 4.74 Å². The van der Waals surface area contributed by atoms with Crippen LogP contribution in [0.1, 0.15) is 17.5 Å². The molecule has 3 aliphatic rings. The molecule has 0 spiro atoms. The standard InChI is InChI=1S/C18H17F3N2O3S/c1-26-10-17-13-4-2-11(6-13)16(17)9-23(27(17,24)25)14-5-3-12(8-22)15(7-14)18(19,20)21/h2-5,7,11,13,16H,6,9-10H2,1H3/t11-,13+,16-,17+/m0/s1. The maximum absolute atomic E-state index is 13.5. The Hall–Kier alpha value is -2.05. The maximum Gasteiger partial charge on any atom is 0.417 e. The van der Waals surface area contributed by atoms with Gasteiger partial charge in [0.15, 0.2) is 0 Å². The normalized spacial score (nSPS) is 33.3.